The number of nitrogens with zero attached hydrogens (tertiary/aromatic N) is 1. The third kappa shape index (κ3) is 2.16. The molecular weight excluding hydrogens is 216 g/mol. The molecule has 2 nitrogen and oxygen atoms in total. The van der Waals surface area contributed by atoms with Crippen LogP contribution < -0.4 is 5.32 Å². The highest BCUT2D eigenvalue weighted by molar-refractivity contribution is 7.09. The second-order valence-electron chi connectivity index (χ2n) is 5.42. The molecule has 2 aliphatic rings. The number of thiazole rings is 1. The van der Waals surface area contributed by atoms with Gasteiger partial charge in [-0.3, -0.25) is 0 Å². The third-order valence-electron chi connectivity index (χ3n) is 4.26. The Labute approximate surface area is 101 Å². The number of fused-ring (bicyclic) bond motifs is 2. The van der Waals surface area contributed by atoms with E-state index in [1.165, 1.54) is 42.9 Å². The highest BCUT2D eigenvalue weighted by Crippen LogP contribution is 2.47. The molecule has 1 N–H and O–H groups in total. The van der Waals surface area contributed by atoms with Gasteiger partial charge >= 0.3 is 0 Å². The SMILES string of the molecule is Cc1nc(CNCC2CC3CCC2C3)cs1. The van der Waals surface area contributed by atoms with Crippen molar-refractivity contribution in [1.29, 1.82) is 0 Å². The molecule has 1 aromatic heterocycles. The van der Waals surface area contributed by atoms with E-state index in [9.17, 15) is 0 Å². The van der Waals surface area contributed by atoms with Crippen molar-refractivity contribution in [3.05, 3.63) is 16.1 Å². The maximum atomic E-state index is 4.48. The molecule has 0 spiro atoms. The van der Waals surface area contributed by atoms with Crippen LogP contribution in [0.5, 0.6) is 0 Å². The van der Waals surface area contributed by atoms with Gasteiger partial charge < -0.3 is 5.32 Å². The highest BCUT2D eigenvalue weighted by Gasteiger charge is 2.38. The van der Waals surface area contributed by atoms with Gasteiger partial charge in [-0.15, -0.1) is 11.3 Å². The van der Waals surface area contributed by atoms with Gasteiger partial charge in [0.2, 0.25) is 0 Å². The summed E-state index contributed by atoms with van der Waals surface area (Å²) >= 11 is 1.75. The van der Waals surface area contributed by atoms with Crippen LogP contribution in [0.4, 0.5) is 0 Å². The first-order chi connectivity index (χ1) is 7.81. The number of aromatic nitrogens is 1. The van der Waals surface area contributed by atoms with Crippen molar-refractivity contribution in [3.8, 4) is 0 Å². The zero-order chi connectivity index (χ0) is 11.0. The molecular formula is C13H20N2S. The molecule has 0 amide bonds. The van der Waals surface area contributed by atoms with Gasteiger partial charge in [-0.2, -0.15) is 0 Å². The van der Waals surface area contributed by atoms with Crippen LogP contribution in [0.3, 0.4) is 0 Å². The maximum absolute atomic E-state index is 4.48. The first kappa shape index (κ1) is 10.7. The molecule has 1 heterocycles. The zero-order valence-electron chi connectivity index (χ0n) is 9.91. The Morgan fingerprint density at radius 3 is 3.00 bits per heavy atom. The Kier molecular flexibility index (Phi) is 2.99. The molecule has 2 saturated carbocycles. The van der Waals surface area contributed by atoms with E-state index >= 15 is 0 Å². The van der Waals surface area contributed by atoms with Gasteiger partial charge in [-0.25, -0.2) is 4.98 Å². The van der Waals surface area contributed by atoms with Gasteiger partial charge in [0.15, 0.2) is 0 Å². The minimum Gasteiger partial charge on any atom is -0.311 e. The van der Waals surface area contributed by atoms with E-state index in [2.05, 4.69) is 22.6 Å². The smallest absolute Gasteiger partial charge is 0.0897 e. The number of nitrogens with one attached hydrogen (secondary N) is 1. The molecule has 0 radical (unpaired) electrons. The summed E-state index contributed by atoms with van der Waals surface area (Å²) in [7, 11) is 0. The fraction of sp³-hybridized carbons (Fsp3) is 0.769. The lowest BCUT2D eigenvalue weighted by atomic mass is 9.89. The van der Waals surface area contributed by atoms with Crippen LogP contribution in [-0.2, 0) is 6.54 Å². The molecule has 0 saturated heterocycles. The molecule has 2 aliphatic carbocycles. The van der Waals surface area contributed by atoms with Gasteiger partial charge in [0.1, 0.15) is 0 Å². The quantitative estimate of drug-likeness (QED) is 0.869. The molecule has 0 aromatic carbocycles. The predicted molar refractivity (Wildman–Crippen MR) is 67.5 cm³/mol. The summed E-state index contributed by atoms with van der Waals surface area (Å²) in [5, 5.41) is 6.93. The Bertz CT molecular complexity index is 361. The predicted octanol–water partition coefficient (Wildman–Crippen LogP) is 2.98. The average Bonchev–Trinajstić information content (AvgIpc) is 2.94. The van der Waals surface area contributed by atoms with E-state index in [1.807, 2.05) is 0 Å². The molecule has 88 valence electrons. The molecule has 1 aromatic rings. The second-order valence-corrected chi connectivity index (χ2v) is 6.49. The summed E-state index contributed by atoms with van der Waals surface area (Å²) in [6.45, 7) is 4.24. The molecule has 16 heavy (non-hydrogen) atoms. The topological polar surface area (TPSA) is 24.9 Å². The van der Waals surface area contributed by atoms with Crippen molar-refractivity contribution < 1.29 is 0 Å². The van der Waals surface area contributed by atoms with Gasteiger partial charge in [0.05, 0.1) is 10.7 Å². The lowest BCUT2D eigenvalue weighted by Crippen LogP contribution is -2.26. The lowest BCUT2D eigenvalue weighted by molar-refractivity contribution is 0.318. The van der Waals surface area contributed by atoms with Crippen molar-refractivity contribution in [2.45, 2.75) is 39.2 Å². The second kappa shape index (κ2) is 4.46. The van der Waals surface area contributed by atoms with E-state index in [0.29, 0.717) is 0 Å². The van der Waals surface area contributed by atoms with Crippen LogP contribution in [0.25, 0.3) is 0 Å². The maximum Gasteiger partial charge on any atom is 0.0897 e. The summed E-state index contributed by atoms with van der Waals surface area (Å²) in [5.74, 6) is 3.06. The largest absolute Gasteiger partial charge is 0.311 e. The normalized spacial score (nSPS) is 32.4. The molecule has 3 atom stereocenters. The first-order valence-electron chi connectivity index (χ1n) is 6.43. The fourth-order valence-electron chi connectivity index (χ4n) is 3.50. The molecule has 0 aliphatic heterocycles. The van der Waals surface area contributed by atoms with Crippen molar-refractivity contribution in [3.63, 3.8) is 0 Å². The van der Waals surface area contributed by atoms with Crippen molar-refractivity contribution in [2.75, 3.05) is 6.54 Å². The molecule has 2 fully saturated rings. The fourth-order valence-corrected chi connectivity index (χ4v) is 4.11. The molecule has 3 heteroatoms. The summed E-state index contributed by atoms with van der Waals surface area (Å²) in [5.41, 5.74) is 1.21. The van der Waals surface area contributed by atoms with Gasteiger partial charge in [0, 0.05) is 11.9 Å². The zero-order valence-corrected chi connectivity index (χ0v) is 10.7. The Balaban J connectivity index is 1.44. The molecule has 2 bridgehead atoms. The van der Waals surface area contributed by atoms with E-state index in [-0.39, 0.29) is 0 Å². The Morgan fingerprint density at radius 1 is 1.44 bits per heavy atom. The number of rotatable bonds is 4. The van der Waals surface area contributed by atoms with Crippen LogP contribution in [0.2, 0.25) is 0 Å². The average molecular weight is 236 g/mol. The van der Waals surface area contributed by atoms with Crippen molar-refractivity contribution >= 4 is 11.3 Å². The summed E-state index contributed by atoms with van der Waals surface area (Å²) < 4.78 is 0. The van der Waals surface area contributed by atoms with E-state index in [4.69, 9.17) is 0 Å². The first-order valence-corrected chi connectivity index (χ1v) is 7.31. The van der Waals surface area contributed by atoms with Crippen molar-refractivity contribution in [2.24, 2.45) is 17.8 Å². The minimum atomic E-state index is 0.957. The van der Waals surface area contributed by atoms with Crippen molar-refractivity contribution in [1.82, 2.24) is 10.3 Å². The van der Waals surface area contributed by atoms with Crippen LogP contribution in [0, 0.1) is 24.7 Å². The summed E-state index contributed by atoms with van der Waals surface area (Å²) in [4.78, 5) is 4.48. The van der Waals surface area contributed by atoms with Gasteiger partial charge in [-0.1, -0.05) is 6.42 Å². The standard InChI is InChI=1S/C13H20N2S/c1-9-15-13(8-16-9)7-14-6-12-5-10-2-3-11(12)4-10/h8,10-12,14H,2-7H2,1H3. The van der Waals surface area contributed by atoms with Crippen LogP contribution in [-0.4, -0.2) is 11.5 Å². The summed E-state index contributed by atoms with van der Waals surface area (Å²) in [6.07, 6.45) is 6.00. The Morgan fingerprint density at radius 2 is 2.38 bits per heavy atom. The number of aryl methyl sites for hydroxylation is 1. The lowest BCUT2D eigenvalue weighted by Gasteiger charge is -2.21. The third-order valence-corrected chi connectivity index (χ3v) is 5.09. The highest BCUT2D eigenvalue weighted by atomic mass is 32.1. The van der Waals surface area contributed by atoms with Crippen LogP contribution in [0.15, 0.2) is 5.38 Å². The Hall–Kier alpha value is -0.410. The summed E-state index contributed by atoms with van der Waals surface area (Å²) in [6, 6.07) is 0. The van der Waals surface area contributed by atoms with E-state index in [1.54, 1.807) is 11.3 Å². The monoisotopic (exact) mass is 236 g/mol. The van der Waals surface area contributed by atoms with Gasteiger partial charge in [-0.05, 0) is 50.5 Å². The van der Waals surface area contributed by atoms with Crippen LogP contribution >= 0.6 is 11.3 Å². The number of hydrogen-bond acceptors (Lipinski definition) is 3. The van der Waals surface area contributed by atoms with Gasteiger partial charge in [0.25, 0.3) is 0 Å². The van der Waals surface area contributed by atoms with E-state index < -0.39 is 0 Å². The van der Waals surface area contributed by atoms with E-state index in [0.717, 1.165) is 24.3 Å². The minimum absolute atomic E-state index is 0.957. The molecule has 3 unspecified atom stereocenters. The van der Waals surface area contributed by atoms with Crippen LogP contribution in [0.1, 0.15) is 36.4 Å². The number of hydrogen-bond donors (Lipinski definition) is 1. The molecule has 3 rings (SSSR count).